The third kappa shape index (κ3) is 3.02. The molecule has 2 nitrogen and oxygen atoms in total. The van der Waals surface area contributed by atoms with Crippen molar-refractivity contribution in [2.45, 2.75) is 23.9 Å². The first-order chi connectivity index (χ1) is 19.3. The Labute approximate surface area is 232 Å². The van der Waals surface area contributed by atoms with E-state index in [-0.39, 0.29) is 0 Å². The number of anilines is 4. The molecular weight excluding hydrogens is 492 g/mol. The van der Waals surface area contributed by atoms with Gasteiger partial charge in [0.25, 0.3) is 0 Å². The number of fused-ring (bicyclic) bond motifs is 9. The third-order valence-electron chi connectivity index (χ3n) is 8.91. The minimum absolute atomic E-state index is 0.314. The number of benzene rings is 4. The van der Waals surface area contributed by atoms with Crippen molar-refractivity contribution in [2.24, 2.45) is 0 Å². The molecule has 3 heteroatoms. The predicted octanol–water partition coefficient (Wildman–Crippen LogP) is 9.51. The maximum absolute atomic E-state index is 2.53. The van der Waals surface area contributed by atoms with Gasteiger partial charge in [0.1, 0.15) is 0 Å². The van der Waals surface area contributed by atoms with E-state index >= 15 is 0 Å². The van der Waals surface area contributed by atoms with Crippen molar-refractivity contribution in [3.8, 4) is 0 Å². The molecule has 0 bridgehead atoms. The third-order valence-corrected chi connectivity index (χ3v) is 10.1. The van der Waals surface area contributed by atoms with E-state index in [2.05, 4.69) is 143 Å². The lowest BCUT2D eigenvalue weighted by atomic mass is 9.91. The molecular formula is C36H26N2S. The van der Waals surface area contributed by atoms with Crippen LogP contribution in [0.4, 0.5) is 22.7 Å². The van der Waals surface area contributed by atoms with Crippen LogP contribution in [0.2, 0.25) is 0 Å². The van der Waals surface area contributed by atoms with E-state index in [1.54, 1.807) is 0 Å². The van der Waals surface area contributed by atoms with E-state index < -0.39 is 0 Å². The number of rotatable bonds is 2. The maximum Gasteiger partial charge on any atom is 0.0629 e. The highest BCUT2D eigenvalue weighted by atomic mass is 32.1. The van der Waals surface area contributed by atoms with E-state index in [0.29, 0.717) is 23.9 Å². The zero-order chi connectivity index (χ0) is 25.5. The van der Waals surface area contributed by atoms with Gasteiger partial charge >= 0.3 is 0 Å². The fourth-order valence-electron chi connectivity index (χ4n) is 7.23. The van der Waals surface area contributed by atoms with Gasteiger partial charge in [-0.3, -0.25) is 0 Å². The molecule has 4 atom stereocenters. The summed E-state index contributed by atoms with van der Waals surface area (Å²) in [4.78, 5) is 5.07. The summed E-state index contributed by atoms with van der Waals surface area (Å²) in [5.41, 5.74) is 7.99. The average molecular weight is 519 g/mol. The van der Waals surface area contributed by atoms with E-state index in [0.717, 1.165) is 0 Å². The Balaban J connectivity index is 1.20. The first-order valence-corrected chi connectivity index (χ1v) is 14.6. The number of nitrogens with zero attached hydrogens (tertiary/aromatic N) is 2. The summed E-state index contributed by atoms with van der Waals surface area (Å²) in [6.45, 7) is 0. The Morgan fingerprint density at radius 3 is 1.46 bits per heavy atom. The van der Waals surface area contributed by atoms with Gasteiger partial charge in [-0.25, -0.2) is 0 Å². The second kappa shape index (κ2) is 8.08. The number of hydrogen-bond donors (Lipinski definition) is 0. The monoisotopic (exact) mass is 518 g/mol. The molecule has 2 aliphatic carbocycles. The number of hydrogen-bond acceptors (Lipinski definition) is 3. The molecule has 4 aromatic carbocycles. The Morgan fingerprint density at radius 1 is 0.487 bits per heavy atom. The zero-order valence-electron chi connectivity index (χ0n) is 21.3. The van der Waals surface area contributed by atoms with E-state index in [4.69, 9.17) is 0 Å². The average Bonchev–Trinajstić information content (AvgIpc) is 3.64. The van der Waals surface area contributed by atoms with Gasteiger partial charge in [0, 0.05) is 54.8 Å². The summed E-state index contributed by atoms with van der Waals surface area (Å²) in [6.07, 6.45) is 18.2. The lowest BCUT2D eigenvalue weighted by molar-refractivity contribution is 0.745. The van der Waals surface area contributed by atoms with Gasteiger partial charge < -0.3 is 9.80 Å². The Hall–Kier alpha value is -4.34. The predicted molar refractivity (Wildman–Crippen MR) is 166 cm³/mol. The fourth-order valence-corrected chi connectivity index (χ4v) is 8.30. The molecule has 5 aromatic rings. The van der Waals surface area contributed by atoms with Gasteiger partial charge in [-0.1, -0.05) is 85.0 Å². The van der Waals surface area contributed by atoms with E-state index in [1.165, 1.54) is 54.0 Å². The summed E-state index contributed by atoms with van der Waals surface area (Å²) in [6, 6.07) is 32.5. The van der Waals surface area contributed by atoms with Crippen LogP contribution in [-0.4, -0.2) is 12.1 Å². The highest BCUT2D eigenvalue weighted by Crippen LogP contribution is 2.50. The first-order valence-electron chi connectivity index (χ1n) is 13.8. The minimum atomic E-state index is 0.314. The van der Waals surface area contributed by atoms with Crippen molar-refractivity contribution in [2.75, 3.05) is 9.80 Å². The number of para-hydroxylation sites is 2. The van der Waals surface area contributed by atoms with Gasteiger partial charge in [-0.15, -0.1) is 11.3 Å². The number of thiophene rings is 1. The van der Waals surface area contributed by atoms with Gasteiger partial charge in [0.05, 0.1) is 12.1 Å². The van der Waals surface area contributed by atoms with Crippen molar-refractivity contribution >= 4 is 54.3 Å². The normalized spacial score (nSPS) is 23.9. The van der Waals surface area contributed by atoms with Crippen molar-refractivity contribution in [1.29, 1.82) is 0 Å². The molecule has 186 valence electrons. The highest BCUT2D eigenvalue weighted by molar-refractivity contribution is 7.25. The molecule has 4 unspecified atom stereocenters. The quantitative estimate of drug-likeness (QED) is 0.230. The van der Waals surface area contributed by atoms with Crippen molar-refractivity contribution in [3.63, 3.8) is 0 Å². The lowest BCUT2D eigenvalue weighted by Crippen LogP contribution is -2.28. The Morgan fingerprint density at radius 2 is 0.949 bits per heavy atom. The second-order valence-electron chi connectivity index (χ2n) is 10.9. The van der Waals surface area contributed by atoms with E-state index in [9.17, 15) is 0 Å². The SMILES string of the molecule is C1=CC2c3ccccc3N(c3ccc4sc5ccc(N6c7ccccc7C7C=CC=CC76)cc5c4c3)C2C=C1. The van der Waals surface area contributed by atoms with Gasteiger partial charge in [-0.2, -0.15) is 0 Å². The topological polar surface area (TPSA) is 6.48 Å². The van der Waals surface area contributed by atoms with E-state index in [1.807, 2.05) is 11.3 Å². The summed E-state index contributed by atoms with van der Waals surface area (Å²) in [5, 5.41) is 2.68. The minimum Gasteiger partial charge on any atom is -0.333 e. The van der Waals surface area contributed by atoms with Crippen LogP contribution in [0.25, 0.3) is 20.2 Å². The molecule has 0 N–H and O–H groups in total. The molecule has 3 heterocycles. The molecule has 0 saturated carbocycles. The second-order valence-corrected chi connectivity index (χ2v) is 12.0. The smallest absolute Gasteiger partial charge is 0.0629 e. The van der Waals surface area contributed by atoms with Crippen LogP contribution in [0.3, 0.4) is 0 Å². The van der Waals surface area contributed by atoms with Gasteiger partial charge in [-0.05, 0) is 59.7 Å². The van der Waals surface area contributed by atoms with Crippen LogP contribution in [0.15, 0.2) is 134 Å². The molecule has 4 aliphatic rings. The Kier molecular flexibility index (Phi) is 4.47. The molecule has 0 spiro atoms. The summed E-state index contributed by atoms with van der Waals surface area (Å²) in [5.74, 6) is 0.794. The van der Waals surface area contributed by atoms with Crippen LogP contribution >= 0.6 is 11.3 Å². The molecule has 0 radical (unpaired) electrons. The lowest BCUT2D eigenvalue weighted by Gasteiger charge is -2.29. The van der Waals surface area contributed by atoms with Crippen LogP contribution in [-0.2, 0) is 0 Å². The molecule has 9 rings (SSSR count). The zero-order valence-corrected chi connectivity index (χ0v) is 22.1. The largest absolute Gasteiger partial charge is 0.333 e. The molecule has 2 aliphatic heterocycles. The molecule has 0 saturated heterocycles. The van der Waals surface area contributed by atoms with Crippen molar-refractivity contribution in [1.82, 2.24) is 0 Å². The standard InChI is InChI=1S/C36H26N2S/c1-5-13-31-25(9-1)26-10-2-6-14-32(26)37(31)23-17-19-35-29(21-23)30-22-24(18-20-36(30)39-35)38-33-15-7-3-11-27(33)28-12-4-8-16-34(28)38/h1-22,25,27,31,33H. The summed E-state index contributed by atoms with van der Waals surface area (Å²) < 4.78 is 2.68. The summed E-state index contributed by atoms with van der Waals surface area (Å²) in [7, 11) is 0. The van der Waals surface area contributed by atoms with Crippen molar-refractivity contribution < 1.29 is 0 Å². The summed E-state index contributed by atoms with van der Waals surface area (Å²) >= 11 is 1.89. The maximum atomic E-state index is 2.53. The molecule has 1 aromatic heterocycles. The Bertz CT molecular complexity index is 1780. The molecule has 0 amide bonds. The first kappa shape index (κ1) is 21.6. The highest BCUT2D eigenvalue weighted by Gasteiger charge is 2.38. The van der Waals surface area contributed by atoms with Crippen LogP contribution in [0, 0.1) is 0 Å². The van der Waals surface area contributed by atoms with Crippen LogP contribution in [0.5, 0.6) is 0 Å². The molecule has 39 heavy (non-hydrogen) atoms. The van der Waals surface area contributed by atoms with Gasteiger partial charge in [0.2, 0.25) is 0 Å². The number of allylic oxidation sites excluding steroid dienone is 4. The van der Waals surface area contributed by atoms with Crippen molar-refractivity contribution in [3.05, 3.63) is 145 Å². The van der Waals surface area contributed by atoms with Crippen LogP contribution in [0.1, 0.15) is 23.0 Å². The molecule has 0 fully saturated rings. The fraction of sp³-hybridized carbons (Fsp3) is 0.111. The van der Waals surface area contributed by atoms with Crippen LogP contribution < -0.4 is 9.80 Å². The van der Waals surface area contributed by atoms with Gasteiger partial charge in [0.15, 0.2) is 0 Å².